The van der Waals surface area contributed by atoms with Crippen molar-refractivity contribution in [1.29, 1.82) is 0 Å². The van der Waals surface area contributed by atoms with E-state index in [2.05, 4.69) is 0 Å². The van der Waals surface area contributed by atoms with Gasteiger partial charge in [-0.3, -0.25) is 9.59 Å². The molecule has 0 fully saturated rings. The molecule has 8 heteroatoms. The summed E-state index contributed by atoms with van der Waals surface area (Å²) in [5, 5.41) is 9.08. The van der Waals surface area contributed by atoms with Crippen LogP contribution in [-0.2, 0) is 29.0 Å². The van der Waals surface area contributed by atoms with Crippen molar-refractivity contribution in [2.75, 3.05) is 20.3 Å². The second kappa shape index (κ2) is 10.5. The molecule has 3 aromatic rings. The van der Waals surface area contributed by atoms with Crippen LogP contribution in [-0.4, -0.2) is 42.1 Å². The molecule has 0 spiro atoms. The molecule has 182 valence electrons. The quantitative estimate of drug-likeness (QED) is 0.508. The maximum Gasteiger partial charge on any atom is 0.307 e. The fraction of sp³-hybridized carbons (Fsp3) is 0.259. The van der Waals surface area contributed by atoms with Crippen LogP contribution in [0.3, 0.4) is 0 Å². The largest absolute Gasteiger partial charge is 0.496 e. The van der Waals surface area contributed by atoms with Gasteiger partial charge in [-0.2, -0.15) is 0 Å². The molecule has 0 aromatic heterocycles. The third-order valence-corrected chi connectivity index (χ3v) is 6.02. The molecule has 6 nitrogen and oxygen atoms in total. The van der Waals surface area contributed by atoms with Gasteiger partial charge in [0.15, 0.2) is 0 Å². The Bertz CT molecular complexity index is 1240. The van der Waals surface area contributed by atoms with Crippen LogP contribution in [0.4, 0.5) is 8.78 Å². The first-order chi connectivity index (χ1) is 16.9. The summed E-state index contributed by atoms with van der Waals surface area (Å²) >= 11 is 0. The van der Waals surface area contributed by atoms with E-state index in [1.165, 1.54) is 37.4 Å². The Hall–Kier alpha value is -3.94. The van der Waals surface area contributed by atoms with E-state index in [1.807, 2.05) is 0 Å². The summed E-state index contributed by atoms with van der Waals surface area (Å²) in [6, 6.07) is 13.8. The average molecular weight is 481 g/mol. The lowest BCUT2D eigenvalue weighted by Crippen LogP contribution is -2.37. The van der Waals surface area contributed by atoms with Crippen LogP contribution < -0.4 is 9.47 Å². The number of amides is 1. The zero-order chi connectivity index (χ0) is 24.9. The van der Waals surface area contributed by atoms with E-state index < -0.39 is 5.97 Å². The molecule has 35 heavy (non-hydrogen) atoms. The molecule has 0 aliphatic carbocycles. The molecule has 1 aliphatic rings. The Morgan fingerprint density at radius 2 is 1.74 bits per heavy atom. The number of halogens is 2. The monoisotopic (exact) mass is 481 g/mol. The Kier molecular flexibility index (Phi) is 7.29. The van der Waals surface area contributed by atoms with E-state index in [9.17, 15) is 18.4 Å². The molecule has 3 aromatic carbocycles. The van der Waals surface area contributed by atoms with Crippen LogP contribution in [0.25, 0.3) is 11.1 Å². The van der Waals surface area contributed by atoms with E-state index in [1.54, 1.807) is 29.2 Å². The average Bonchev–Trinajstić information content (AvgIpc) is 2.85. The number of rotatable bonds is 8. The fourth-order valence-electron chi connectivity index (χ4n) is 4.29. The number of methoxy groups -OCH3 is 1. The number of ether oxygens (including phenoxy) is 2. The molecule has 0 bridgehead atoms. The number of carboxylic acid groups (broad SMARTS) is 1. The molecule has 1 N–H and O–H groups in total. The minimum absolute atomic E-state index is 0.128. The first-order valence-corrected chi connectivity index (χ1v) is 11.2. The van der Waals surface area contributed by atoms with Crippen LogP contribution in [0, 0.1) is 11.6 Å². The number of aliphatic carboxylic acids is 1. The summed E-state index contributed by atoms with van der Waals surface area (Å²) in [4.78, 5) is 25.6. The number of carbonyl (C=O) groups excluding carboxylic acids is 1. The molecule has 1 amide bonds. The van der Waals surface area contributed by atoms with Crippen molar-refractivity contribution >= 4 is 11.9 Å². The molecular formula is C27H25F2NO5. The summed E-state index contributed by atoms with van der Waals surface area (Å²) in [6.45, 7) is 0.762. The predicted octanol–water partition coefficient (Wildman–Crippen LogP) is 4.62. The van der Waals surface area contributed by atoms with Gasteiger partial charge in [-0.15, -0.1) is 0 Å². The number of fused-ring (bicyclic) bond motifs is 1. The van der Waals surface area contributed by atoms with Gasteiger partial charge < -0.3 is 19.5 Å². The molecule has 0 saturated carbocycles. The van der Waals surface area contributed by atoms with Crippen molar-refractivity contribution < 1.29 is 33.0 Å². The summed E-state index contributed by atoms with van der Waals surface area (Å²) in [5.41, 5.74) is 3.29. The molecule has 0 unspecified atom stereocenters. The van der Waals surface area contributed by atoms with Crippen molar-refractivity contribution in [3.63, 3.8) is 0 Å². The van der Waals surface area contributed by atoms with Gasteiger partial charge in [-0.25, -0.2) is 8.78 Å². The third kappa shape index (κ3) is 5.59. The number of benzene rings is 3. The van der Waals surface area contributed by atoms with Gasteiger partial charge in [0.1, 0.15) is 23.1 Å². The van der Waals surface area contributed by atoms with Crippen molar-refractivity contribution in [3.05, 3.63) is 82.9 Å². The SMILES string of the molecule is COc1cc(CC(=O)O)ccc1-c1ccc(F)c2c1CN(C(=O)CCOc1ccc(F)cc1)CC2. The Morgan fingerprint density at radius 3 is 2.46 bits per heavy atom. The summed E-state index contributed by atoms with van der Waals surface area (Å²) in [6.07, 6.45) is 0.365. The number of carbonyl (C=O) groups is 2. The highest BCUT2D eigenvalue weighted by molar-refractivity contribution is 5.80. The normalized spacial score (nSPS) is 12.7. The molecular weight excluding hydrogens is 456 g/mol. The summed E-state index contributed by atoms with van der Waals surface area (Å²) in [7, 11) is 1.50. The van der Waals surface area contributed by atoms with Gasteiger partial charge in [-0.05, 0) is 65.1 Å². The third-order valence-electron chi connectivity index (χ3n) is 6.02. The van der Waals surface area contributed by atoms with Gasteiger partial charge in [0, 0.05) is 18.7 Å². The molecule has 0 radical (unpaired) electrons. The van der Waals surface area contributed by atoms with Gasteiger partial charge in [0.25, 0.3) is 0 Å². The number of hydrogen-bond donors (Lipinski definition) is 1. The minimum atomic E-state index is -0.948. The number of nitrogens with zero attached hydrogens (tertiary/aromatic N) is 1. The number of carboxylic acids is 1. The first kappa shape index (κ1) is 24.2. The zero-order valence-corrected chi connectivity index (χ0v) is 19.2. The molecule has 0 atom stereocenters. The lowest BCUT2D eigenvalue weighted by Gasteiger charge is -2.31. The van der Waals surface area contributed by atoms with Crippen molar-refractivity contribution in [2.45, 2.75) is 25.8 Å². The highest BCUT2D eigenvalue weighted by Gasteiger charge is 2.26. The van der Waals surface area contributed by atoms with Crippen LogP contribution in [0.5, 0.6) is 11.5 Å². The molecule has 1 aliphatic heterocycles. The van der Waals surface area contributed by atoms with Gasteiger partial charge in [-0.1, -0.05) is 18.2 Å². The number of hydrogen-bond acceptors (Lipinski definition) is 4. The van der Waals surface area contributed by atoms with Crippen LogP contribution >= 0.6 is 0 Å². The van der Waals surface area contributed by atoms with E-state index in [4.69, 9.17) is 14.6 Å². The minimum Gasteiger partial charge on any atom is -0.496 e. The Morgan fingerprint density at radius 1 is 1.00 bits per heavy atom. The lowest BCUT2D eigenvalue weighted by molar-refractivity contribution is -0.136. The first-order valence-electron chi connectivity index (χ1n) is 11.2. The van der Waals surface area contributed by atoms with E-state index in [0.29, 0.717) is 46.7 Å². The molecule has 1 heterocycles. The zero-order valence-electron chi connectivity index (χ0n) is 19.2. The van der Waals surface area contributed by atoms with Crippen LogP contribution in [0.1, 0.15) is 23.1 Å². The highest BCUT2D eigenvalue weighted by Crippen LogP contribution is 2.37. The van der Waals surface area contributed by atoms with Gasteiger partial charge in [0.05, 0.1) is 26.6 Å². The lowest BCUT2D eigenvalue weighted by atomic mass is 9.89. The molecule has 0 saturated heterocycles. The van der Waals surface area contributed by atoms with Crippen LogP contribution in [0.2, 0.25) is 0 Å². The smallest absolute Gasteiger partial charge is 0.307 e. The van der Waals surface area contributed by atoms with E-state index >= 15 is 0 Å². The second-order valence-electron chi connectivity index (χ2n) is 8.27. The summed E-state index contributed by atoms with van der Waals surface area (Å²) < 4.78 is 38.7. The van der Waals surface area contributed by atoms with E-state index in [0.717, 1.165) is 5.56 Å². The Balaban J connectivity index is 1.53. The van der Waals surface area contributed by atoms with Crippen molar-refractivity contribution in [1.82, 2.24) is 4.90 Å². The van der Waals surface area contributed by atoms with Crippen molar-refractivity contribution in [2.24, 2.45) is 0 Å². The highest BCUT2D eigenvalue weighted by atomic mass is 19.1. The fourth-order valence-corrected chi connectivity index (χ4v) is 4.29. The molecule has 4 rings (SSSR count). The van der Waals surface area contributed by atoms with E-state index in [-0.39, 0.29) is 43.5 Å². The van der Waals surface area contributed by atoms with Crippen LogP contribution in [0.15, 0.2) is 54.6 Å². The maximum absolute atomic E-state index is 14.7. The Labute approximate surface area is 201 Å². The topological polar surface area (TPSA) is 76.1 Å². The van der Waals surface area contributed by atoms with Gasteiger partial charge in [0.2, 0.25) is 5.91 Å². The van der Waals surface area contributed by atoms with Gasteiger partial charge >= 0.3 is 5.97 Å². The standard InChI is InChI=1S/C27H25F2NO5/c1-34-25-14-17(15-27(32)33)2-7-22(25)20-8-9-24(29)21-10-12-30(16-23(20)21)26(31)11-13-35-19-5-3-18(28)4-6-19/h2-9,14H,10-13,15-16H2,1H3,(H,32,33). The van der Waals surface area contributed by atoms with Crippen molar-refractivity contribution in [3.8, 4) is 22.6 Å². The predicted molar refractivity (Wildman–Crippen MR) is 125 cm³/mol. The maximum atomic E-state index is 14.7. The summed E-state index contributed by atoms with van der Waals surface area (Å²) in [5.74, 6) is -0.804. The second-order valence-corrected chi connectivity index (χ2v) is 8.27.